The van der Waals surface area contributed by atoms with Gasteiger partial charge in [-0.2, -0.15) is 0 Å². The zero-order valence-corrected chi connectivity index (χ0v) is 14.8. The normalized spacial score (nSPS) is 13.6. The van der Waals surface area contributed by atoms with E-state index in [2.05, 4.69) is 10.6 Å². The summed E-state index contributed by atoms with van der Waals surface area (Å²) in [6, 6.07) is 4.29. The number of carbonyl (C=O) groups excluding carboxylic acids is 3. The van der Waals surface area contributed by atoms with Crippen LogP contribution < -0.4 is 22.1 Å². The minimum atomic E-state index is -1.68. The Balaban J connectivity index is 2.96. The van der Waals surface area contributed by atoms with Gasteiger partial charge < -0.3 is 32.3 Å². The largest absolute Gasteiger partial charge is 0.481 e. The zero-order valence-electron chi connectivity index (χ0n) is 14.8. The van der Waals surface area contributed by atoms with E-state index in [1.807, 2.05) is 0 Å². The lowest BCUT2D eigenvalue weighted by Crippen LogP contribution is -2.55. The van der Waals surface area contributed by atoms with Crippen molar-refractivity contribution in [3.63, 3.8) is 0 Å². The number of hydrogen-bond acceptors (Lipinski definition) is 6. The molecule has 28 heavy (non-hydrogen) atoms. The van der Waals surface area contributed by atoms with Gasteiger partial charge in [-0.3, -0.25) is 19.2 Å². The van der Waals surface area contributed by atoms with E-state index in [1.165, 1.54) is 0 Å². The molecule has 8 N–H and O–H groups in total. The van der Waals surface area contributed by atoms with Crippen molar-refractivity contribution in [1.29, 1.82) is 0 Å². The van der Waals surface area contributed by atoms with Gasteiger partial charge in [0.1, 0.15) is 12.1 Å². The van der Waals surface area contributed by atoms with Crippen LogP contribution >= 0.6 is 0 Å². The van der Waals surface area contributed by atoms with Gasteiger partial charge in [0.25, 0.3) is 0 Å². The predicted molar refractivity (Wildman–Crippen MR) is 95.7 cm³/mol. The van der Waals surface area contributed by atoms with Crippen LogP contribution in [0.1, 0.15) is 18.4 Å². The average Bonchev–Trinajstić information content (AvgIpc) is 2.60. The number of hydrogen-bond donors (Lipinski definition) is 6. The molecule has 0 aromatic heterocycles. The molecule has 11 nitrogen and oxygen atoms in total. The van der Waals surface area contributed by atoms with Crippen LogP contribution in [-0.4, -0.2) is 58.0 Å². The van der Waals surface area contributed by atoms with E-state index < -0.39 is 60.6 Å². The molecule has 0 bridgehead atoms. The average molecular weight is 394 g/mol. The highest BCUT2D eigenvalue weighted by atomic mass is 16.4. The minimum absolute atomic E-state index is 0.0128. The first-order valence-corrected chi connectivity index (χ1v) is 8.23. The first-order chi connectivity index (χ1) is 13.1. The van der Waals surface area contributed by atoms with Gasteiger partial charge in [-0.15, -0.1) is 0 Å². The van der Waals surface area contributed by atoms with Crippen molar-refractivity contribution in [2.75, 3.05) is 0 Å². The molecule has 0 saturated carbocycles. The molecular weight excluding hydrogens is 372 g/mol. The summed E-state index contributed by atoms with van der Waals surface area (Å²) in [4.78, 5) is 57.5. The molecule has 3 atom stereocenters. The van der Waals surface area contributed by atoms with Gasteiger partial charge in [-0.05, 0) is 5.56 Å². The van der Waals surface area contributed by atoms with Crippen molar-refractivity contribution in [2.45, 2.75) is 37.4 Å². The third-order valence-corrected chi connectivity index (χ3v) is 3.67. The van der Waals surface area contributed by atoms with E-state index >= 15 is 0 Å². The maximum atomic E-state index is 12.5. The van der Waals surface area contributed by atoms with Crippen LogP contribution in [0.5, 0.6) is 0 Å². The Hall–Kier alpha value is -3.47. The van der Waals surface area contributed by atoms with E-state index in [0.29, 0.717) is 5.56 Å². The number of primary amides is 1. The van der Waals surface area contributed by atoms with Gasteiger partial charge in [0.05, 0.1) is 18.9 Å². The summed E-state index contributed by atoms with van der Waals surface area (Å²) in [5.41, 5.74) is 11.2. The lowest BCUT2D eigenvalue weighted by atomic mass is 10.0. The second-order valence-electron chi connectivity index (χ2n) is 6.03. The standard InChI is InChI=1S/C17H22N4O7/c18-10(7-13(19)22)15(25)20-11(6-9-4-2-1-3-5-9)16(26)21-12(17(27)28)8-14(23)24/h1-5,10-12H,6-8,18H2,(H2,19,22)(H,20,25)(H,21,26)(H,23,24)(H,27,28)/t10-,11-,12-/m0/s1. The smallest absolute Gasteiger partial charge is 0.326 e. The molecule has 3 amide bonds. The highest BCUT2D eigenvalue weighted by Crippen LogP contribution is 2.05. The molecule has 152 valence electrons. The van der Waals surface area contributed by atoms with Crippen LogP contribution in [0.15, 0.2) is 30.3 Å². The predicted octanol–water partition coefficient (Wildman–Crippen LogP) is -2.04. The van der Waals surface area contributed by atoms with Crippen LogP contribution in [0.3, 0.4) is 0 Å². The van der Waals surface area contributed by atoms with Gasteiger partial charge in [0.2, 0.25) is 17.7 Å². The lowest BCUT2D eigenvalue weighted by molar-refractivity contribution is -0.147. The summed E-state index contributed by atoms with van der Waals surface area (Å²) in [7, 11) is 0. The second kappa shape index (κ2) is 10.6. The van der Waals surface area contributed by atoms with Crippen molar-refractivity contribution >= 4 is 29.7 Å². The first kappa shape index (κ1) is 22.6. The third kappa shape index (κ3) is 7.83. The number of nitrogens with one attached hydrogen (secondary N) is 2. The Morgan fingerprint density at radius 2 is 1.46 bits per heavy atom. The molecule has 11 heteroatoms. The van der Waals surface area contributed by atoms with E-state index in [9.17, 15) is 24.0 Å². The highest BCUT2D eigenvalue weighted by Gasteiger charge is 2.29. The second-order valence-corrected chi connectivity index (χ2v) is 6.03. The van der Waals surface area contributed by atoms with Crippen LogP contribution in [0.4, 0.5) is 0 Å². The molecule has 1 aromatic rings. The van der Waals surface area contributed by atoms with Crippen molar-refractivity contribution in [3.05, 3.63) is 35.9 Å². The molecular formula is C17H22N4O7. The van der Waals surface area contributed by atoms with Crippen molar-refractivity contribution < 1.29 is 34.2 Å². The van der Waals surface area contributed by atoms with E-state index in [1.54, 1.807) is 30.3 Å². The van der Waals surface area contributed by atoms with E-state index in [4.69, 9.17) is 21.7 Å². The number of aliphatic carboxylic acids is 2. The minimum Gasteiger partial charge on any atom is -0.481 e. The van der Waals surface area contributed by atoms with Gasteiger partial charge in [0.15, 0.2) is 0 Å². The number of amides is 3. The number of carbonyl (C=O) groups is 5. The Labute approximate surface area is 160 Å². The van der Waals surface area contributed by atoms with Crippen LogP contribution in [0.25, 0.3) is 0 Å². The lowest BCUT2D eigenvalue weighted by Gasteiger charge is -2.22. The van der Waals surface area contributed by atoms with Crippen molar-refractivity contribution in [2.24, 2.45) is 11.5 Å². The number of carboxylic acid groups (broad SMARTS) is 2. The molecule has 0 aliphatic carbocycles. The summed E-state index contributed by atoms with van der Waals surface area (Å²) < 4.78 is 0. The summed E-state index contributed by atoms with van der Waals surface area (Å²) in [6.45, 7) is 0. The number of carboxylic acids is 2. The Bertz CT molecular complexity index is 738. The first-order valence-electron chi connectivity index (χ1n) is 8.23. The number of nitrogens with two attached hydrogens (primary N) is 2. The SMILES string of the molecule is NC(=O)C[C@H](N)C(=O)N[C@@H](Cc1ccccc1)C(=O)N[C@@H](CC(=O)O)C(=O)O. The van der Waals surface area contributed by atoms with Crippen LogP contribution in [-0.2, 0) is 30.4 Å². The van der Waals surface area contributed by atoms with Gasteiger partial charge in [-0.25, -0.2) is 4.79 Å². The van der Waals surface area contributed by atoms with E-state index in [0.717, 1.165) is 0 Å². The molecule has 0 fully saturated rings. The van der Waals surface area contributed by atoms with Crippen LogP contribution in [0.2, 0.25) is 0 Å². The summed E-state index contributed by atoms with van der Waals surface area (Å²) in [5.74, 6) is -5.50. The molecule has 0 aliphatic rings. The van der Waals surface area contributed by atoms with Crippen molar-refractivity contribution in [3.8, 4) is 0 Å². The maximum absolute atomic E-state index is 12.5. The molecule has 0 spiro atoms. The fourth-order valence-electron chi connectivity index (χ4n) is 2.29. The molecule has 0 unspecified atom stereocenters. The third-order valence-electron chi connectivity index (χ3n) is 3.67. The molecule has 1 aromatic carbocycles. The Morgan fingerprint density at radius 3 is 1.96 bits per heavy atom. The molecule has 0 aliphatic heterocycles. The summed E-state index contributed by atoms with van der Waals surface area (Å²) in [5, 5.41) is 22.3. The van der Waals surface area contributed by atoms with Gasteiger partial charge in [-0.1, -0.05) is 30.3 Å². The fraction of sp³-hybridized carbons (Fsp3) is 0.353. The number of rotatable bonds is 11. The number of benzene rings is 1. The highest BCUT2D eigenvalue weighted by molar-refractivity contribution is 5.94. The van der Waals surface area contributed by atoms with Crippen molar-refractivity contribution in [1.82, 2.24) is 10.6 Å². The van der Waals surface area contributed by atoms with Gasteiger partial charge in [0, 0.05) is 6.42 Å². The van der Waals surface area contributed by atoms with Crippen LogP contribution in [0, 0.1) is 0 Å². The topological polar surface area (TPSA) is 202 Å². The quantitative estimate of drug-likeness (QED) is 0.246. The monoisotopic (exact) mass is 394 g/mol. The van der Waals surface area contributed by atoms with Gasteiger partial charge >= 0.3 is 11.9 Å². The molecule has 0 heterocycles. The maximum Gasteiger partial charge on any atom is 0.326 e. The Kier molecular flexibility index (Phi) is 8.56. The molecule has 1 rings (SSSR count). The molecule has 0 radical (unpaired) electrons. The summed E-state index contributed by atoms with van der Waals surface area (Å²) in [6.07, 6.45) is -1.29. The zero-order chi connectivity index (χ0) is 21.3. The Morgan fingerprint density at radius 1 is 0.893 bits per heavy atom. The van der Waals surface area contributed by atoms with E-state index in [-0.39, 0.29) is 6.42 Å². The molecule has 0 saturated heterocycles. The summed E-state index contributed by atoms with van der Waals surface area (Å²) >= 11 is 0. The fourth-order valence-corrected chi connectivity index (χ4v) is 2.29.